The summed E-state index contributed by atoms with van der Waals surface area (Å²) >= 11 is 0. The van der Waals surface area contributed by atoms with Crippen molar-refractivity contribution in [3.8, 4) is 0 Å². The topological polar surface area (TPSA) is 38.7 Å². The van der Waals surface area contributed by atoms with E-state index in [4.69, 9.17) is 9.47 Å². The van der Waals surface area contributed by atoms with Gasteiger partial charge in [0.15, 0.2) is 0 Å². The van der Waals surface area contributed by atoms with E-state index < -0.39 is 17.5 Å². The summed E-state index contributed by atoms with van der Waals surface area (Å²) in [7, 11) is 0. The Hall–Kier alpha value is -2.88. The molecule has 1 fully saturated rings. The van der Waals surface area contributed by atoms with E-state index in [1.165, 1.54) is 0 Å². The molecule has 134 valence electrons. The van der Waals surface area contributed by atoms with Crippen molar-refractivity contribution in [2.75, 3.05) is 0 Å². The number of benzene rings is 3. The molecule has 0 unspecified atom stereocenters. The van der Waals surface area contributed by atoms with Crippen molar-refractivity contribution in [3.05, 3.63) is 120 Å². The molecule has 0 bridgehead atoms. The van der Waals surface area contributed by atoms with Crippen molar-refractivity contribution >= 4 is 0 Å². The molecule has 1 saturated heterocycles. The Morgan fingerprint density at radius 1 is 0.741 bits per heavy atom. The summed E-state index contributed by atoms with van der Waals surface area (Å²) < 4.78 is 12.5. The molecule has 3 nitrogen and oxygen atoms in total. The number of hydrogen-bond donors (Lipinski definition) is 1. The standard InChI is InChI=1S/C24H20O3/c25-22(18-10-4-1-5-11-18)24-21(16-17-26-24)23(27-24,19-12-6-2-7-13-19)20-14-8-3-9-15-20/h1-17,21-22,25H/t21-,22-,24-/m0/s1. The quantitative estimate of drug-likeness (QED) is 0.745. The van der Waals surface area contributed by atoms with Gasteiger partial charge < -0.3 is 14.6 Å². The molecule has 5 rings (SSSR count). The molecule has 2 aliphatic heterocycles. The zero-order chi connectivity index (χ0) is 18.3. The Morgan fingerprint density at radius 3 is 1.81 bits per heavy atom. The summed E-state index contributed by atoms with van der Waals surface area (Å²) in [6.07, 6.45) is 2.78. The number of aliphatic hydroxyl groups excluding tert-OH is 1. The number of aliphatic hydroxyl groups is 1. The van der Waals surface area contributed by atoms with Crippen LogP contribution in [-0.4, -0.2) is 10.9 Å². The molecular formula is C24H20O3. The van der Waals surface area contributed by atoms with Gasteiger partial charge in [-0.2, -0.15) is 0 Å². The van der Waals surface area contributed by atoms with Crippen molar-refractivity contribution in [2.45, 2.75) is 17.5 Å². The van der Waals surface area contributed by atoms with Crippen LogP contribution in [0.25, 0.3) is 0 Å². The van der Waals surface area contributed by atoms with Crippen LogP contribution >= 0.6 is 0 Å². The molecule has 0 saturated carbocycles. The zero-order valence-electron chi connectivity index (χ0n) is 14.7. The van der Waals surface area contributed by atoms with E-state index in [0.717, 1.165) is 16.7 Å². The highest BCUT2D eigenvalue weighted by Gasteiger charge is 2.72. The highest BCUT2D eigenvalue weighted by molar-refractivity contribution is 5.45. The lowest BCUT2D eigenvalue weighted by atomic mass is 9.65. The number of rotatable bonds is 4. The maximum absolute atomic E-state index is 11.1. The molecule has 3 atom stereocenters. The minimum absolute atomic E-state index is 0.148. The van der Waals surface area contributed by atoms with Crippen LogP contribution in [0.15, 0.2) is 103 Å². The van der Waals surface area contributed by atoms with Crippen LogP contribution in [0.5, 0.6) is 0 Å². The second-order valence-corrected chi connectivity index (χ2v) is 7.03. The maximum atomic E-state index is 11.1. The van der Waals surface area contributed by atoms with Gasteiger partial charge in [0.05, 0.1) is 12.2 Å². The molecule has 2 aliphatic rings. The lowest BCUT2D eigenvalue weighted by Crippen LogP contribution is -2.67. The third-order valence-electron chi connectivity index (χ3n) is 5.62. The first kappa shape index (κ1) is 16.3. The maximum Gasteiger partial charge on any atom is 0.251 e. The average Bonchev–Trinajstić information content (AvgIpc) is 3.09. The first-order chi connectivity index (χ1) is 13.3. The Labute approximate surface area is 158 Å². The Morgan fingerprint density at radius 2 is 1.26 bits per heavy atom. The summed E-state index contributed by atoms with van der Waals surface area (Å²) in [6, 6.07) is 29.8. The van der Waals surface area contributed by atoms with Gasteiger partial charge >= 0.3 is 0 Å². The number of hydrogen-bond acceptors (Lipinski definition) is 3. The lowest BCUT2D eigenvalue weighted by molar-refractivity contribution is -0.413. The third kappa shape index (κ3) is 2.22. The van der Waals surface area contributed by atoms with Crippen LogP contribution in [0, 0.1) is 5.92 Å². The van der Waals surface area contributed by atoms with E-state index in [0.29, 0.717) is 0 Å². The van der Waals surface area contributed by atoms with Gasteiger partial charge in [-0.25, -0.2) is 0 Å². The minimum atomic E-state index is -1.12. The Bertz CT molecular complexity index is 913. The second-order valence-electron chi connectivity index (χ2n) is 7.03. The Balaban J connectivity index is 1.63. The van der Waals surface area contributed by atoms with Gasteiger partial charge in [0.25, 0.3) is 5.79 Å². The monoisotopic (exact) mass is 356 g/mol. The summed E-state index contributed by atoms with van der Waals surface area (Å²) in [5.74, 6) is -1.27. The predicted octanol–water partition coefficient (Wildman–Crippen LogP) is 4.55. The van der Waals surface area contributed by atoms with Gasteiger partial charge in [-0.15, -0.1) is 0 Å². The van der Waals surface area contributed by atoms with Crippen molar-refractivity contribution in [2.24, 2.45) is 5.92 Å². The molecule has 1 N–H and O–H groups in total. The molecular weight excluding hydrogens is 336 g/mol. The first-order valence-electron chi connectivity index (χ1n) is 9.16. The van der Waals surface area contributed by atoms with E-state index in [9.17, 15) is 5.11 Å². The lowest BCUT2D eigenvalue weighted by Gasteiger charge is -2.59. The normalized spacial score (nSPS) is 25.9. The van der Waals surface area contributed by atoms with Crippen molar-refractivity contribution < 1.29 is 14.6 Å². The van der Waals surface area contributed by atoms with Crippen LogP contribution in [0.3, 0.4) is 0 Å². The first-order valence-corrected chi connectivity index (χ1v) is 9.16. The van der Waals surface area contributed by atoms with Crippen LogP contribution < -0.4 is 0 Å². The SMILES string of the molecule is O[C@@H](c1ccccc1)[C@]12OC=C[C@H]1C(c1ccccc1)(c1ccccc1)O2. The van der Waals surface area contributed by atoms with Crippen molar-refractivity contribution in [1.82, 2.24) is 0 Å². The number of ether oxygens (including phenoxy) is 2. The van der Waals surface area contributed by atoms with E-state index in [-0.39, 0.29) is 5.92 Å². The highest BCUT2D eigenvalue weighted by atomic mass is 16.7. The Kier molecular flexibility index (Phi) is 3.67. The average molecular weight is 356 g/mol. The molecule has 0 radical (unpaired) electrons. The van der Waals surface area contributed by atoms with E-state index in [1.807, 2.05) is 72.8 Å². The summed E-state index contributed by atoms with van der Waals surface area (Å²) in [4.78, 5) is 0. The summed E-state index contributed by atoms with van der Waals surface area (Å²) in [6.45, 7) is 0. The molecule has 3 aromatic rings. The summed E-state index contributed by atoms with van der Waals surface area (Å²) in [5, 5.41) is 11.1. The van der Waals surface area contributed by atoms with Gasteiger partial charge in [-0.1, -0.05) is 91.0 Å². The van der Waals surface area contributed by atoms with Crippen molar-refractivity contribution in [1.29, 1.82) is 0 Å². The van der Waals surface area contributed by atoms with Crippen LogP contribution in [0.4, 0.5) is 0 Å². The van der Waals surface area contributed by atoms with Gasteiger partial charge in [0.2, 0.25) is 0 Å². The molecule has 3 aromatic carbocycles. The number of fused-ring (bicyclic) bond motifs is 1. The predicted molar refractivity (Wildman–Crippen MR) is 103 cm³/mol. The molecule has 0 aromatic heterocycles. The summed E-state index contributed by atoms with van der Waals surface area (Å²) in [5.41, 5.74) is 2.19. The smallest absolute Gasteiger partial charge is 0.251 e. The highest BCUT2D eigenvalue weighted by Crippen LogP contribution is 2.64. The molecule has 0 aliphatic carbocycles. The van der Waals surface area contributed by atoms with Gasteiger partial charge in [-0.05, 0) is 22.8 Å². The van der Waals surface area contributed by atoms with Gasteiger partial charge in [0.1, 0.15) is 11.7 Å². The van der Waals surface area contributed by atoms with Gasteiger partial charge in [0, 0.05) is 0 Å². The fraction of sp³-hybridized carbons (Fsp3) is 0.167. The molecule has 0 amide bonds. The van der Waals surface area contributed by atoms with Gasteiger partial charge in [-0.3, -0.25) is 0 Å². The van der Waals surface area contributed by atoms with Crippen LogP contribution in [-0.2, 0) is 15.1 Å². The van der Waals surface area contributed by atoms with E-state index in [2.05, 4.69) is 24.3 Å². The minimum Gasteiger partial charge on any atom is -0.466 e. The molecule has 3 heteroatoms. The van der Waals surface area contributed by atoms with Crippen molar-refractivity contribution in [3.63, 3.8) is 0 Å². The fourth-order valence-electron chi connectivity index (χ4n) is 4.37. The largest absolute Gasteiger partial charge is 0.466 e. The van der Waals surface area contributed by atoms with E-state index >= 15 is 0 Å². The zero-order valence-corrected chi connectivity index (χ0v) is 14.7. The van der Waals surface area contributed by atoms with E-state index in [1.54, 1.807) is 6.26 Å². The third-order valence-corrected chi connectivity index (χ3v) is 5.62. The molecule has 27 heavy (non-hydrogen) atoms. The molecule has 2 heterocycles. The van der Waals surface area contributed by atoms with Crippen LogP contribution in [0.1, 0.15) is 22.8 Å². The molecule has 0 spiro atoms. The fourth-order valence-corrected chi connectivity index (χ4v) is 4.37. The van der Waals surface area contributed by atoms with Crippen LogP contribution in [0.2, 0.25) is 0 Å². The second kappa shape index (κ2) is 6.08.